The Hall–Kier alpha value is -1.31. The Kier molecular flexibility index (Phi) is 5.90. The van der Waals surface area contributed by atoms with Crippen LogP contribution in [-0.2, 0) is 11.2 Å². The Morgan fingerprint density at radius 3 is 2.33 bits per heavy atom. The van der Waals surface area contributed by atoms with Gasteiger partial charge in [-0.2, -0.15) is 0 Å². The zero-order valence-corrected chi connectivity index (χ0v) is 11.8. The van der Waals surface area contributed by atoms with Crippen molar-refractivity contribution in [2.75, 3.05) is 5.73 Å². The number of hydrogen-bond donors (Lipinski definition) is 1. The van der Waals surface area contributed by atoms with Crippen molar-refractivity contribution in [1.82, 2.24) is 0 Å². The van der Waals surface area contributed by atoms with Gasteiger partial charge in [-0.15, -0.1) is 0 Å². The van der Waals surface area contributed by atoms with Crippen LogP contribution in [0.1, 0.15) is 45.6 Å². The molecule has 1 atom stereocenters. The van der Waals surface area contributed by atoms with E-state index in [0.29, 0.717) is 30.5 Å². The van der Waals surface area contributed by atoms with Crippen molar-refractivity contribution >= 4 is 11.5 Å². The topological polar surface area (TPSA) is 43.1 Å². The number of benzene rings is 1. The van der Waals surface area contributed by atoms with Gasteiger partial charge in [-0.25, -0.2) is 0 Å². The minimum Gasteiger partial charge on any atom is -0.399 e. The third-order valence-electron chi connectivity index (χ3n) is 3.12. The molecule has 18 heavy (non-hydrogen) atoms. The quantitative estimate of drug-likeness (QED) is 0.744. The molecule has 0 aliphatic heterocycles. The molecule has 0 aliphatic carbocycles. The van der Waals surface area contributed by atoms with E-state index >= 15 is 0 Å². The molecule has 2 heteroatoms. The molecule has 0 bridgehead atoms. The van der Waals surface area contributed by atoms with Gasteiger partial charge >= 0.3 is 0 Å². The summed E-state index contributed by atoms with van der Waals surface area (Å²) in [6.45, 7) is 6.58. The van der Waals surface area contributed by atoms with E-state index in [2.05, 4.69) is 20.8 Å². The Labute approximate surface area is 111 Å². The molecule has 0 saturated heterocycles. The van der Waals surface area contributed by atoms with Crippen LogP contribution in [0.15, 0.2) is 24.3 Å². The van der Waals surface area contributed by atoms with Crippen LogP contribution < -0.4 is 5.73 Å². The van der Waals surface area contributed by atoms with Crippen LogP contribution in [0.5, 0.6) is 0 Å². The number of nitrogens with two attached hydrogens (primary N) is 1. The smallest absolute Gasteiger partial charge is 0.133 e. The summed E-state index contributed by atoms with van der Waals surface area (Å²) in [6.07, 6.45) is 3.32. The predicted molar refractivity (Wildman–Crippen MR) is 77.4 cm³/mol. The van der Waals surface area contributed by atoms with Crippen LogP contribution in [-0.4, -0.2) is 5.78 Å². The summed E-state index contributed by atoms with van der Waals surface area (Å²) in [7, 11) is 0. The van der Waals surface area contributed by atoms with Crippen LogP contribution in [0.3, 0.4) is 0 Å². The maximum absolute atomic E-state index is 11.9. The summed E-state index contributed by atoms with van der Waals surface area (Å²) in [5.74, 6) is 1.55. The maximum atomic E-state index is 11.9. The van der Waals surface area contributed by atoms with Crippen LogP contribution in [0.2, 0.25) is 0 Å². The molecule has 1 rings (SSSR count). The molecule has 1 unspecified atom stereocenters. The molecule has 0 radical (unpaired) electrons. The summed E-state index contributed by atoms with van der Waals surface area (Å²) in [5, 5.41) is 0. The first-order chi connectivity index (χ1) is 8.47. The van der Waals surface area contributed by atoms with Gasteiger partial charge in [0.2, 0.25) is 0 Å². The number of anilines is 1. The molecule has 0 amide bonds. The lowest BCUT2D eigenvalue weighted by Gasteiger charge is -2.12. The van der Waals surface area contributed by atoms with Gasteiger partial charge in [0, 0.05) is 18.5 Å². The average molecular weight is 247 g/mol. The van der Waals surface area contributed by atoms with E-state index in [9.17, 15) is 4.79 Å². The van der Waals surface area contributed by atoms with Crippen molar-refractivity contribution in [2.45, 2.75) is 46.5 Å². The van der Waals surface area contributed by atoms with Crippen LogP contribution in [0.4, 0.5) is 5.69 Å². The third-order valence-corrected chi connectivity index (χ3v) is 3.12. The minimum atomic E-state index is 0.375. The summed E-state index contributed by atoms with van der Waals surface area (Å²) in [4.78, 5) is 11.9. The Balaban J connectivity index is 2.30. The van der Waals surface area contributed by atoms with Crippen molar-refractivity contribution in [3.63, 3.8) is 0 Å². The van der Waals surface area contributed by atoms with E-state index in [1.807, 2.05) is 24.3 Å². The Morgan fingerprint density at radius 1 is 1.17 bits per heavy atom. The standard InChI is InChI=1S/C16H25NO/c1-12(2)10-13(3)11-16(18)9-6-14-4-7-15(17)8-5-14/h4-5,7-8,12-13H,6,9-11,17H2,1-3H3. The second-order valence-corrected chi connectivity index (χ2v) is 5.72. The van der Waals surface area contributed by atoms with Crippen molar-refractivity contribution < 1.29 is 4.79 Å². The second kappa shape index (κ2) is 7.20. The molecular formula is C16H25NO. The van der Waals surface area contributed by atoms with E-state index in [0.717, 1.165) is 18.5 Å². The SMILES string of the molecule is CC(C)CC(C)CC(=O)CCc1ccc(N)cc1. The number of nitrogen functional groups attached to an aromatic ring is 1. The van der Waals surface area contributed by atoms with Gasteiger partial charge < -0.3 is 5.73 Å². The van der Waals surface area contributed by atoms with Gasteiger partial charge in [0.1, 0.15) is 5.78 Å². The molecular weight excluding hydrogens is 222 g/mol. The van der Waals surface area contributed by atoms with Gasteiger partial charge in [0.15, 0.2) is 0 Å². The molecule has 0 fully saturated rings. The summed E-state index contributed by atoms with van der Waals surface area (Å²) < 4.78 is 0. The van der Waals surface area contributed by atoms with E-state index in [-0.39, 0.29) is 0 Å². The molecule has 0 aliphatic rings. The van der Waals surface area contributed by atoms with E-state index in [4.69, 9.17) is 5.73 Å². The first-order valence-electron chi connectivity index (χ1n) is 6.83. The third kappa shape index (κ3) is 5.85. The molecule has 0 heterocycles. The largest absolute Gasteiger partial charge is 0.399 e. The number of carbonyl (C=O) groups excluding carboxylic acids is 1. The van der Waals surface area contributed by atoms with E-state index in [1.165, 1.54) is 5.56 Å². The lowest BCUT2D eigenvalue weighted by Crippen LogP contribution is -2.08. The number of aryl methyl sites for hydroxylation is 1. The first kappa shape index (κ1) is 14.7. The highest BCUT2D eigenvalue weighted by Crippen LogP contribution is 2.16. The molecule has 100 valence electrons. The Bertz CT molecular complexity index is 367. The highest BCUT2D eigenvalue weighted by Gasteiger charge is 2.10. The summed E-state index contributed by atoms with van der Waals surface area (Å²) in [5.41, 5.74) is 7.59. The highest BCUT2D eigenvalue weighted by molar-refractivity contribution is 5.78. The monoisotopic (exact) mass is 247 g/mol. The highest BCUT2D eigenvalue weighted by atomic mass is 16.1. The second-order valence-electron chi connectivity index (χ2n) is 5.72. The van der Waals surface area contributed by atoms with Crippen molar-refractivity contribution in [2.24, 2.45) is 11.8 Å². The summed E-state index contributed by atoms with van der Waals surface area (Å²) >= 11 is 0. The number of carbonyl (C=O) groups is 1. The van der Waals surface area contributed by atoms with Crippen LogP contribution >= 0.6 is 0 Å². The maximum Gasteiger partial charge on any atom is 0.133 e. The zero-order valence-electron chi connectivity index (χ0n) is 11.8. The number of hydrogen-bond acceptors (Lipinski definition) is 2. The van der Waals surface area contributed by atoms with Crippen molar-refractivity contribution in [1.29, 1.82) is 0 Å². The van der Waals surface area contributed by atoms with Crippen molar-refractivity contribution in [3.8, 4) is 0 Å². The lowest BCUT2D eigenvalue weighted by molar-refractivity contribution is -0.119. The molecule has 0 spiro atoms. The van der Waals surface area contributed by atoms with E-state index in [1.54, 1.807) is 0 Å². The fraction of sp³-hybridized carbons (Fsp3) is 0.562. The fourth-order valence-electron chi connectivity index (χ4n) is 2.35. The average Bonchev–Trinajstić information content (AvgIpc) is 2.27. The normalized spacial score (nSPS) is 12.7. The molecule has 1 aromatic rings. The molecule has 2 nitrogen and oxygen atoms in total. The van der Waals surface area contributed by atoms with Gasteiger partial charge in [-0.1, -0.05) is 32.9 Å². The first-order valence-corrected chi connectivity index (χ1v) is 6.83. The molecule has 1 aromatic carbocycles. The minimum absolute atomic E-state index is 0.375. The number of Topliss-reactive ketones (excluding diaryl/α,β-unsaturated/α-hetero) is 1. The number of ketones is 1. The molecule has 0 aromatic heterocycles. The lowest BCUT2D eigenvalue weighted by atomic mass is 9.92. The van der Waals surface area contributed by atoms with Crippen molar-refractivity contribution in [3.05, 3.63) is 29.8 Å². The number of rotatable bonds is 7. The molecule has 2 N–H and O–H groups in total. The Morgan fingerprint density at radius 2 is 1.78 bits per heavy atom. The van der Waals surface area contributed by atoms with Crippen LogP contribution in [0, 0.1) is 11.8 Å². The van der Waals surface area contributed by atoms with Crippen LogP contribution in [0.25, 0.3) is 0 Å². The summed E-state index contributed by atoms with van der Waals surface area (Å²) in [6, 6.07) is 7.78. The van der Waals surface area contributed by atoms with E-state index < -0.39 is 0 Å². The molecule has 0 saturated carbocycles. The van der Waals surface area contributed by atoms with Gasteiger partial charge in [0.05, 0.1) is 0 Å². The fourth-order valence-corrected chi connectivity index (χ4v) is 2.35. The van der Waals surface area contributed by atoms with Gasteiger partial charge in [0.25, 0.3) is 0 Å². The predicted octanol–water partition coefficient (Wildman–Crippen LogP) is 3.84. The van der Waals surface area contributed by atoms with Gasteiger partial charge in [-0.3, -0.25) is 4.79 Å². The van der Waals surface area contributed by atoms with Gasteiger partial charge in [-0.05, 0) is 42.4 Å². The zero-order chi connectivity index (χ0) is 13.5.